The lowest BCUT2D eigenvalue weighted by atomic mass is 10.2. The Labute approximate surface area is 134 Å². The summed E-state index contributed by atoms with van der Waals surface area (Å²) in [6.07, 6.45) is 0. The summed E-state index contributed by atoms with van der Waals surface area (Å²) in [6.45, 7) is 0.591. The molecule has 1 heterocycles. The van der Waals surface area contributed by atoms with Crippen molar-refractivity contribution in [2.24, 2.45) is 7.05 Å². The molecule has 2 aromatic rings. The second-order valence-electron chi connectivity index (χ2n) is 4.68. The number of carbonyl (C=O) groups is 1. The first-order valence-electron chi connectivity index (χ1n) is 6.35. The molecule has 0 aliphatic rings. The summed E-state index contributed by atoms with van der Waals surface area (Å²) in [5.74, 6) is -0.302. The molecule has 0 unspecified atom stereocenters. The molecule has 0 saturated carbocycles. The van der Waals surface area contributed by atoms with Gasteiger partial charge in [-0.15, -0.1) is 0 Å². The van der Waals surface area contributed by atoms with Gasteiger partial charge in [-0.05, 0) is 53.5 Å². The second-order valence-corrected chi connectivity index (χ2v) is 5.47. The van der Waals surface area contributed by atoms with E-state index < -0.39 is 6.61 Å². The SMILES string of the molecule is Cc1cc(OC(F)F)ccc1NC(=O)c1c(Br)c(C)nn1C. The van der Waals surface area contributed by atoms with Gasteiger partial charge >= 0.3 is 6.61 Å². The average molecular weight is 374 g/mol. The minimum atomic E-state index is -2.88. The van der Waals surface area contributed by atoms with Gasteiger partial charge in [0.05, 0.1) is 10.2 Å². The number of aryl methyl sites for hydroxylation is 3. The van der Waals surface area contributed by atoms with Gasteiger partial charge in [-0.25, -0.2) is 0 Å². The van der Waals surface area contributed by atoms with Crippen molar-refractivity contribution in [1.82, 2.24) is 9.78 Å². The first-order chi connectivity index (χ1) is 10.3. The van der Waals surface area contributed by atoms with Crippen molar-refractivity contribution in [3.63, 3.8) is 0 Å². The average Bonchev–Trinajstić information content (AvgIpc) is 2.66. The Morgan fingerprint density at radius 2 is 2.09 bits per heavy atom. The van der Waals surface area contributed by atoms with Crippen molar-refractivity contribution < 1.29 is 18.3 Å². The Morgan fingerprint density at radius 1 is 1.41 bits per heavy atom. The van der Waals surface area contributed by atoms with Gasteiger partial charge in [0.25, 0.3) is 5.91 Å². The number of aromatic nitrogens is 2. The van der Waals surface area contributed by atoms with Crippen molar-refractivity contribution in [2.75, 3.05) is 5.32 Å². The van der Waals surface area contributed by atoms with Gasteiger partial charge < -0.3 is 10.1 Å². The quantitative estimate of drug-likeness (QED) is 0.889. The molecule has 1 aromatic carbocycles. The number of anilines is 1. The summed E-state index contributed by atoms with van der Waals surface area (Å²) in [5, 5.41) is 6.88. The third-order valence-corrected chi connectivity index (χ3v) is 3.98. The molecule has 0 spiro atoms. The highest BCUT2D eigenvalue weighted by Crippen LogP contribution is 2.25. The monoisotopic (exact) mass is 373 g/mol. The van der Waals surface area contributed by atoms with E-state index in [0.29, 0.717) is 27.1 Å². The molecule has 8 heteroatoms. The van der Waals surface area contributed by atoms with E-state index in [9.17, 15) is 13.6 Å². The lowest BCUT2D eigenvalue weighted by molar-refractivity contribution is -0.0498. The van der Waals surface area contributed by atoms with E-state index in [1.54, 1.807) is 20.9 Å². The molecular formula is C14H14BrF2N3O2. The van der Waals surface area contributed by atoms with Crippen LogP contribution in [0.1, 0.15) is 21.7 Å². The fraction of sp³-hybridized carbons (Fsp3) is 0.286. The third-order valence-electron chi connectivity index (χ3n) is 3.04. The smallest absolute Gasteiger partial charge is 0.387 e. The molecule has 22 heavy (non-hydrogen) atoms. The van der Waals surface area contributed by atoms with Gasteiger partial charge in [-0.2, -0.15) is 13.9 Å². The Balaban J connectivity index is 2.22. The molecule has 0 bridgehead atoms. The second kappa shape index (κ2) is 6.43. The van der Waals surface area contributed by atoms with Crippen molar-refractivity contribution >= 4 is 27.5 Å². The number of halogens is 3. The fourth-order valence-corrected chi connectivity index (χ4v) is 2.53. The van der Waals surface area contributed by atoms with Crippen molar-refractivity contribution in [3.8, 4) is 5.75 Å². The number of nitrogens with one attached hydrogen (secondary N) is 1. The van der Waals surface area contributed by atoms with Crippen LogP contribution in [0.4, 0.5) is 14.5 Å². The van der Waals surface area contributed by atoms with Gasteiger partial charge in [0.1, 0.15) is 11.4 Å². The van der Waals surface area contributed by atoms with Gasteiger partial charge in [-0.1, -0.05) is 0 Å². The highest BCUT2D eigenvalue weighted by molar-refractivity contribution is 9.10. The van der Waals surface area contributed by atoms with Crippen LogP contribution in [-0.4, -0.2) is 22.3 Å². The molecule has 5 nitrogen and oxygen atoms in total. The number of ether oxygens (including phenoxy) is 1. The number of benzene rings is 1. The topological polar surface area (TPSA) is 56.1 Å². The molecule has 0 aliphatic heterocycles. The van der Waals surface area contributed by atoms with E-state index in [0.717, 1.165) is 0 Å². The molecule has 0 atom stereocenters. The van der Waals surface area contributed by atoms with Gasteiger partial charge in [0.15, 0.2) is 0 Å². The van der Waals surface area contributed by atoms with Crippen LogP contribution in [0.2, 0.25) is 0 Å². The lowest BCUT2D eigenvalue weighted by Crippen LogP contribution is -2.17. The molecule has 1 N–H and O–H groups in total. The molecule has 1 aromatic heterocycles. The molecule has 0 aliphatic carbocycles. The minimum absolute atomic E-state index is 0.0445. The Bertz CT molecular complexity index is 716. The highest BCUT2D eigenvalue weighted by Gasteiger charge is 2.19. The number of hydrogen-bond donors (Lipinski definition) is 1. The first-order valence-corrected chi connectivity index (χ1v) is 7.14. The number of amides is 1. The van der Waals surface area contributed by atoms with Crippen LogP contribution in [0.5, 0.6) is 5.75 Å². The predicted octanol–water partition coefficient (Wildman–Crippen LogP) is 3.65. The maximum Gasteiger partial charge on any atom is 0.387 e. The molecule has 0 saturated heterocycles. The van der Waals surface area contributed by atoms with E-state index in [1.165, 1.54) is 22.9 Å². The van der Waals surface area contributed by atoms with Crippen LogP contribution < -0.4 is 10.1 Å². The van der Waals surface area contributed by atoms with Crippen molar-refractivity contribution in [1.29, 1.82) is 0 Å². The standard InChI is InChI=1S/C14H14BrF2N3O2/c1-7-6-9(22-14(16)17)4-5-10(7)18-13(21)12-11(15)8(2)19-20(12)3/h4-6,14H,1-3H3,(H,18,21). The number of nitrogens with zero attached hydrogens (tertiary/aromatic N) is 2. The summed E-state index contributed by atoms with van der Waals surface area (Å²) in [7, 11) is 1.67. The van der Waals surface area contributed by atoms with Crippen LogP contribution in [0, 0.1) is 13.8 Å². The van der Waals surface area contributed by atoms with Crippen molar-refractivity contribution in [3.05, 3.63) is 39.6 Å². The largest absolute Gasteiger partial charge is 0.435 e. The maximum absolute atomic E-state index is 12.3. The van der Waals surface area contributed by atoms with E-state index in [1.807, 2.05) is 0 Å². The number of rotatable bonds is 4. The van der Waals surface area contributed by atoms with Crippen LogP contribution in [0.15, 0.2) is 22.7 Å². The summed E-state index contributed by atoms with van der Waals surface area (Å²) < 4.78 is 30.7. The Morgan fingerprint density at radius 3 is 2.59 bits per heavy atom. The van der Waals surface area contributed by atoms with E-state index in [-0.39, 0.29) is 11.7 Å². The van der Waals surface area contributed by atoms with E-state index >= 15 is 0 Å². The number of hydrogen-bond acceptors (Lipinski definition) is 3. The van der Waals surface area contributed by atoms with Gasteiger partial charge in [0, 0.05) is 12.7 Å². The Kier molecular flexibility index (Phi) is 4.80. The third kappa shape index (κ3) is 3.44. The highest BCUT2D eigenvalue weighted by atomic mass is 79.9. The fourth-order valence-electron chi connectivity index (χ4n) is 2.01. The zero-order chi connectivity index (χ0) is 16.4. The van der Waals surface area contributed by atoms with Crippen LogP contribution >= 0.6 is 15.9 Å². The summed E-state index contributed by atoms with van der Waals surface area (Å²) in [6, 6.07) is 4.33. The van der Waals surface area contributed by atoms with Crippen LogP contribution in [-0.2, 0) is 7.05 Å². The van der Waals surface area contributed by atoms with Crippen LogP contribution in [0.3, 0.4) is 0 Å². The predicted molar refractivity (Wildman–Crippen MR) is 81.4 cm³/mol. The molecule has 2 rings (SSSR count). The first kappa shape index (κ1) is 16.4. The van der Waals surface area contributed by atoms with E-state index in [2.05, 4.69) is 31.1 Å². The normalized spacial score (nSPS) is 10.9. The molecule has 118 valence electrons. The van der Waals surface area contributed by atoms with Gasteiger partial charge in [-0.3, -0.25) is 9.48 Å². The van der Waals surface area contributed by atoms with Gasteiger partial charge in [0.2, 0.25) is 0 Å². The number of alkyl halides is 2. The number of carbonyl (C=O) groups excluding carboxylic acids is 1. The summed E-state index contributed by atoms with van der Waals surface area (Å²) >= 11 is 3.32. The minimum Gasteiger partial charge on any atom is -0.435 e. The molecule has 1 amide bonds. The molecule has 0 fully saturated rings. The zero-order valence-electron chi connectivity index (χ0n) is 12.2. The molecule has 0 radical (unpaired) electrons. The maximum atomic E-state index is 12.3. The summed E-state index contributed by atoms with van der Waals surface area (Å²) in [4.78, 5) is 12.3. The van der Waals surface area contributed by atoms with Crippen molar-refractivity contribution in [2.45, 2.75) is 20.5 Å². The zero-order valence-corrected chi connectivity index (χ0v) is 13.7. The summed E-state index contributed by atoms with van der Waals surface area (Å²) in [5.41, 5.74) is 2.20. The lowest BCUT2D eigenvalue weighted by Gasteiger charge is -2.11. The van der Waals surface area contributed by atoms with E-state index in [4.69, 9.17) is 0 Å². The molecular weight excluding hydrogens is 360 g/mol. The Hall–Kier alpha value is -1.96. The van der Waals surface area contributed by atoms with Crippen LogP contribution in [0.25, 0.3) is 0 Å².